The zero-order chi connectivity index (χ0) is 15.1. The molecule has 1 atom stereocenters. The molecule has 1 aliphatic rings. The summed E-state index contributed by atoms with van der Waals surface area (Å²) in [6.07, 6.45) is 6.09. The molecule has 0 amide bonds. The fourth-order valence-electron chi connectivity index (χ4n) is 3.04. The topological polar surface area (TPSA) is 23.5 Å². The molecule has 0 aromatic heterocycles. The average Bonchev–Trinajstić information content (AvgIpc) is 2.49. The molecule has 1 aromatic rings. The van der Waals surface area contributed by atoms with Crippen LogP contribution in [0, 0.1) is 5.82 Å². The van der Waals surface area contributed by atoms with E-state index in [4.69, 9.17) is 0 Å². The van der Waals surface area contributed by atoms with E-state index in [-0.39, 0.29) is 11.9 Å². The molecular formula is C17H26FNOS. The molecule has 1 aromatic carbocycles. The van der Waals surface area contributed by atoms with E-state index < -0.39 is 0 Å². The Morgan fingerprint density at radius 3 is 2.67 bits per heavy atom. The summed E-state index contributed by atoms with van der Waals surface area (Å²) in [6, 6.07) is 7.53. The van der Waals surface area contributed by atoms with E-state index >= 15 is 0 Å². The van der Waals surface area contributed by atoms with Gasteiger partial charge in [0, 0.05) is 29.8 Å². The van der Waals surface area contributed by atoms with Gasteiger partial charge in [0.1, 0.15) is 5.82 Å². The van der Waals surface area contributed by atoms with Crippen LogP contribution in [-0.2, 0) is 0 Å². The van der Waals surface area contributed by atoms with Crippen molar-refractivity contribution in [1.82, 2.24) is 4.90 Å². The Morgan fingerprint density at radius 1 is 1.29 bits per heavy atom. The van der Waals surface area contributed by atoms with E-state index in [1.54, 1.807) is 17.8 Å². The number of rotatable bonds is 7. The van der Waals surface area contributed by atoms with Crippen LogP contribution in [0.3, 0.4) is 0 Å². The highest BCUT2D eigenvalue weighted by molar-refractivity contribution is 7.99. The lowest BCUT2D eigenvalue weighted by Gasteiger charge is -2.35. The molecule has 0 saturated heterocycles. The molecule has 4 heteroatoms. The van der Waals surface area contributed by atoms with E-state index in [1.165, 1.54) is 38.2 Å². The molecule has 1 saturated carbocycles. The standard InChI is InChI=1S/C17H26FNOS/c1-14(20)13-19(15-7-3-2-4-8-15)11-12-21-17-10-6-5-9-16(17)18/h5-6,9-10,14-15,20H,2-4,7-8,11-13H2,1H3. The van der Waals surface area contributed by atoms with Crippen molar-refractivity contribution in [3.8, 4) is 0 Å². The second-order valence-corrected chi connectivity index (χ2v) is 7.05. The number of nitrogens with zero attached hydrogens (tertiary/aromatic N) is 1. The summed E-state index contributed by atoms with van der Waals surface area (Å²) in [5.41, 5.74) is 0. The van der Waals surface area contributed by atoms with Crippen molar-refractivity contribution in [2.45, 2.75) is 56.1 Å². The van der Waals surface area contributed by atoms with E-state index in [9.17, 15) is 9.50 Å². The van der Waals surface area contributed by atoms with Gasteiger partial charge in [-0.15, -0.1) is 11.8 Å². The number of halogens is 1. The quantitative estimate of drug-likeness (QED) is 0.772. The third-order valence-corrected chi connectivity index (χ3v) is 5.09. The Balaban J connectivity index is 1.85. The van der Waals surface area contributed by atoms with Gasteiger partial charge in [-0.1, -0.05) is 31.4 Å². The first-order chi connectivity index (χ1) is 10.2. The van der Waals surface area contributed by atoms with Gasteiger partial charge in [0.25, 0.3) is 0 Å². The third-order valence-electron chi connectivity index (χ3n) is 4.06. The number of hydrogen-bond acceptors (Lipinski definition) is 3. The van der Waals surface area contributed by atoms with Crippen LogP contribution < -0.4 is 0 Å². The number of thioether (sulfide) groups is 1. The van der Waals surface area contributed by atoms with Crippen LogP contribution in [0.5, 0.6) is 0 Å². The lowest BCUT2D eigenvalue weighted by atomic mass is 9.94. The SMILES string of the molecule is CC(O)CN(CCSc1ccccc1F)C1CCCCC1. The van der Waals surface area contributed by atoms with Crippen LogP contribution in [0.2, 0.25) is 0 Å². The molecule has 118 valence electrons. The first-order valence-corrected chi connectivity index (χ1v) is 8.95. The molecule has 0 spiro atoms. The summed E-state index contributed by atoms with van der Waals surface area (Å²) >= 11 is 1.57. The lowest BCUT2D eigenvalue weighted by molar-refractivity contribution is 0.0875. The van der Waals surface area contributed by atoms with Crippen molar-refractivity contribution >= 4 is 11.8 Å². The summed E-state index contributed by atoms with van der Waals surface area (Å²) in [5, 5.41) is 9.71. The second-order valence-electron chi connectivity index (χ2n) is 5.91. The lowest BCUT2D eigenvalue weighted by Crippen LogP contribution is -2.42. The first-order valence-electron chi connectivity index (χ1n) is 7.96. The Bertz CT molecular complexity index is 421. The molecule has 0 radical (unpaired) electrons. The number of aliphatic hydroxyl groups is 1. The number of hydrogen-bond donors (Lipinski definition) is 1. The molecule has 1 N–H and O–H groups in total. The maximum Gasteiger partial charge on any atom is 0.136 e. The predicted molar refractivity (Wildman–Crippen MR) is 87.3 cm³/mol. The van der Waals surface area contributed by atoms with E-state index in [2.05, 4.69) is 4.90 Å². The molecule has 21 heavy (non-hydrogen) atoms. The second kappa shape index (κ2) is 8.76. The van der Waals surface area contributed by atoms with Gasteiger partial charge in [0.05, 0.1) is 6.10 Å². The normalized spacial score (nSPS) is 18.1. The van der Waals surface area contributed by atoms with Crippen LogP contribution in [-0.4, -0.2) is 41.0 Å². The maximum absolute atomic E-state index is 13.6. The highest BCUT2D eigenvalue weighted by Crippen LogP contribution is 2.25. The third kappa shape index (κ3) is 5.61. The Kier molecular flexibility index (Phi) is 7.00. The average molecular weight is 311 g/mol. The van der Waals surface area contributed by atoms with E-state index in [0.29, 0.717) is 6.04 Å². The van der Waals surface area contributed by atoms with Crippen LogP contribution in [0.1, 0.15) is 39.0 Å². The molecule has 1 unspecified atom stereocenters. The maximum atomic E-state index is 13.6. The van der Waals surface area contributed by atoms with Crippen molar-refractivity contribution in [3.05, 3.63) is 30.1 Å². The zero-order valence-corrected chi connectivity index (χ0v) is 13.6. The van der Waals surface area contributed by atoms with Gasteiger partial charge in [-0.3, -0.25) is 4.90 Å². The van der Waals surface area contributed by atoms with E-state index in [1.807, 2.05) is 19.1 Å². The van der Waals surface area contributed by atoms with Crippen LogP contribution in [0.15, 0.2) is 29.2 Å². The Hall–Kier alpha value is -0.580. The molecule has 1 fully saturated rings. The Morgan fingerprint density at radius 2 is 2.00 bits per heavy atom. The molecular weight excluding hydrogens is 285 g/mol. The van der Waals surface area contributed by atoms with Gasteiger partial charge in [0.2, 0.25) is 0 Å². The van der Waals surface area contributed by atoms with Gasteiger partial charge < -0.3 is 5.11 Å². The van der Waals surface area contributed by atoms with Gasteiger partial charge in [-0.05, 0) is 31.9 Å². The van der Waals surface area contributed by atoms with Gasteiger partial charge in [-0.25, -0.2) is 4.39 Å². The first kappa shape index (κ1) is 16.8. The molecule has 0 heterocycles. The van der Waals surface area contributed by atoms with Crippen LogP contribution in [0.25, 0.3) is 0 Å². The van der Waals surface area contributed by atoms with Crippen molar-refractivity contribution in [3.63, 3.8) is 0 Å². The van der Waals surface area contributed by atoms with Gasteiger partial charge in [-0.2, -0.15) is 0 Å². The molecule has 2 nitrogen and oxygen atoms in total. The smallest absolute Gasteiger partial charge is 0.136 e. The Labute approximate surface area is 131 Å². The molecule has 0 aliphatic heterocycles. The predicted octanol–water partition coefficient (Wildman–Crippen LogP) is 3.93. The summed E-state index contributed by atoms with van der Waals surface area (Å²) in [6.45, 7) is 3.48. The van der Waals surface area contributed by atoms with E-state index in [0.717, 1.165) is 23.7 Å². The number of benzene rings is 1. The molecule has 2 rings (SSSR count). The molecule has 0 bridgehead atoms. The number of aliphatic hydroxyl groups excluding tert-OH is 1. The summed E-state index contributed by atoms with van der Waals surface area (Å²) in [5.74, 6) is 0.728. The highest BCUT2D eigenvalue weighted by atomic mass is 32.2. The minimum absolute atomic E-state index is 0.137. The summed E-state index contributed by atoms with van der Waals surface area (Å²) < 4.78 is 13.6. The monoisotopic (exact) mass is 311 g/mol. The fraction of sp³-hybridized carbons (Fsp3) is 0.647. The van der Waals surface area contributed by atoms with Gasteiger partial charge >= 0.3 is 0 Å². The zero-order valence-electron chi connectivity index (χ0n) is 12.8. The van der Waals surface area contributed by atoms with Crippen LogP contribution in [0.4, 0.5) is 4.39 Å². The molecule has 1 aliphatic carbocycles. The van der Waals surface area contributed by atoms with Crippen LogP contribution >= 0.6 is 11.8 Å². The minimum atomic E-state index is -0.301. The summed E-state index contributed by atoms with van der Waals surface area (Å²) in [4.78, 5) is 3.12. The van der Waals surface area contributed by atoms with Crippen molar-refractivity contribution in [2.75, 3.05) is 18.8 Å². The highest BCUT2D eigenvalue weighted by Gasteiger charge is 2.21. The van der Waals surface area contributed by atoms with Gasteiger partial charge in [0.15, 0.2) is 0 Å². The van der Waals surface area contributed by atoms with Crippen molar-refractivity contribution < 1.29 is 9.50 Å². The largest absolute Gasteiger partial charge is 0.392 e. The fourth-order valence-corrected chi connectivity index (χ4v) is 3.97. The summed E-state index contributed by atoms with van der Waals surface area (Å²) in [7, 11) is 0. The van der Waals surface area contributed by atoms with Crippen molar-refractivity contribution in [2.24, 2.45) is 0 Å². The van der Waals surface area contributed by atoms with Crippen molar-refractivity contribution in [1.29, 1.82) is 0 Å². The minimum Gasteiger partial charge on any atom is -0.392 e.